The first kappa shape index (κ1) is 10.8. The predicted octanol–water partition coefficient (Wildman–Crippen LogP) is 2.81. The Morgan fingerprint density at radius 1 is 1.47 bits per heavy atom. The lowest BCUT2D eigenvalue weighted by atomic mass is 9.93. The molecule has 0 aliphatic carbocycles. The quantitative estimate of drug-likeness (QED) is 0.836. The maximum absolute atomic E-state index is 6.11. The lowest BCUT2D eigenvalue weighted by Crippen LogP contribution is -2.21. The van der Waals surface area contributed by atoms with Gasteiger partial charge in [-0.3, -0.25) is 0 Å². The largest absolute Gasteiger partial charge is 0.495 e. The highest BCUT2D eigenvalue weighted by Gasteiger charge is 2.24. The topological polar surface area (TPSA) is 21.3 Å². The van der Waals surface area contributed by atoms with E-state index in [4.69, 9.17) is 16.3 Å². The molecule has 0 amide bonds. The van der Waals surface area contributed by atoms with Gasteiger partial charge in [-0.1, -0.05) is 17.7 Å². The van der Waals surface area contributed by atoms with Crippen molar-refractivity contribution in [3.05, 3.63) is 28.8 Å². The molecule has 1 fully saturated rings. The fraction of sp³-hybridized carbons (Fsp3) is 0.500. The molecule has 2 atom stereocenters. The summed E-state index contributed by atoms with van der Waals surface area (Å²) >= 11 is 6.11. The minimum atomic E-state index is 0.537. The first-order valence-corrected chi connectivity index (χ1v) is 5.67. The summed E-state index contributed by atoms with van der Waals surface area (Å²) < 4.78 is 5.14. The van der Waals surface area contributed by atoms with Gasteiger partial charge in [-0.05, 0) is 37.6 Å². The van der Waals surface area contributed by atoms with E-state index in [1.807, 2.05) is 12.1 Å². The Kier molecular flexibility index (Phi) is 3.17. The van der Waals surface area contributed by atoms with Gasteiger partial charge in [-0.15, -0.1) is 0 Å². The molecule has 1 aromatic carbocycles. The number of halogens is 1. The van der Waals surface area contributed by atoms with E-state index >= 15 is 0 Å². The number of benzene rings is 1. The number of nitrogens with one attached hydrogen (secondary N) is 1. The molecule has 82 valence electrons. The molecule has 0 spiro atoms. The van der Waals surface area contributed by atoms with Crippen molar-refractivity contribution in [3.63, 3.8) is 0 Å². The molecule has 2 unspecified atom stereocenters. The minimum absolute atomic E-state index is 0.537. The zero-order chi connectivity index (χ0) is 10.8. The summed E-state index contributed by atoms with van der Waals surface area (Å²) in [4.78, 5) is 0. The van der Waals surface area contributed by atoms with Crippen LogP contribution >= 0.6 is 11.6 Å². The Bertz CT molecular complexity index is 353. The zero-order valence-corrected chi connectivity index (χ0v) is 9.84. The summed E-state index contributed by atoms with van der Waals surface area (Å²) in [5.41, 5.74) is 1.30. The number of ether oxygens (including phenoxy) is 1. The van der Waals surface area contributed by atoms with Gasteiger partial charge in [0.1, 0.15) is 5.75 Å². The SMILES string of the molecule is COc1ccc(C2CCNC2C)cc1Cl. The van der Waals surface area contributed by atoms with Gasteiger partial charge in [-0.25, -0.2) is 0 Å². The van der Waals surface area contributed by atoms with E-state index in [-0.39, 0.29) is 0 Å². The van der Waals surface area contributed by atoms with E-state index in [0.717, 1.165) is 12.3 Å². The first-order valence-electron chi connectivity index (χ1n) is 5.29. The number of rotatable bonds is 2. The predicted molar refractivity (Wildman–Crippen MR) is 62.8 cm³/mol. The minimum Gasteiger partial charge on any atom is -0.495 e. The summed E-state index contributed by atoms with van der Waals surface area (Å²) in [5, 5.41) is 4.14. The van der Waals surface area contributed by atoms with Crippen molar-refractivity contribution in [1.29, 1.82) is 0 Å². The molecule has 0 saturated carbocycles. The van der Waals surface area contributed by atoms with Crippen LogP contribution in [0.1, 0.15) is 24.8 Å². The molecule has 2 nitrogen and oxygen atoms in total. The van der Waals surface area contributed by atoms with Crippen molar-refractivity contribution in [1.82, 2.24) is 5.32 Å². The molecule has 1 aromatic rings. The van der Waals surface area contributed by atoms with Crippen LogP contribution in [-0.4, -0.2) is 19.7 Å². The molecule has 1 heterocycles. The highest BCUT2D eigenvalue weighted by molar-refractivity contribution is 6.32. The van der Waals surface area contributed by atoms with Crippen LogP contribution in [0.3, 0.4) is 0 Å². The molecular weight excluding hydrogens is 210 g/mol. The maximum Gasteiger partial charge on any atom is 0.137 e. The summed E-state index contributed by atoms with van der Waals surface area (Å²) in [6.07, 6.45) is 1.18. The fourth-order valence-electron chi connectivity index (χ4n) is 2.23. The second-order valence-corrected chi connectivity index (χ2v) is 4.44. The maximum atomic E-state index is 6.11. The van der Waals surface area contributed by atoms with E-state index in [0.29, 0.717) is 17.0 Å². The molecule has 1 aliphatic rings. The molecule has 1 aliphatic heterocycles. The van der Waals surface area contributed by atoms with Crippen molar-refractivity contribution in [2.45, 2.75) is 25.3 Å². The van der Waals surface area contributed by atoms with Crippen molar-refractivity contribution in [3.8, 4) is 5.75 Å². The van der Waals surface area contributed by atoms with Gasteiger partial charge in [0.15, 0.2) is 0 Å². The third-order valence-electron chi connectivity index (χ3n) is 3.13. The van der Waals surface area contributed by atoms with Gasteiger partial charge in [0, 0.05) is 12.0 Å². The van der Waals surface area contributed by atoms with Gasteiger partial charge >= 0.3 is 0 Å². The first-order chi connectivity index (χ1) is 7.22. The van der Waals surface area contributed by atoms with Crippen LogP contribution in [0.15, 0.2) is 18.2 Å². The van der Waals surface area contributed by atoms with Gasteiger partial charge in [0.25, 0.3) is 0 Å². The van der Waals surface area contributed by atoms with Crippen LogP contribution < -0.4 is 10.1 Å². The molecule has 15 heavy (non-hydrogen) atoms. The Morgan fingerprint density at radius 3 is 2.80 bits per heavy atom. The lowest BCUT2D eigenvalue weighted by molar-refractivity contribution is 0.414. The summed E-state index contributed by atoms with van der Waals surface area (Å²) in [7, 11) is 1.64. The van der Waals surface area contributed by atoms with Crippen LogP contribution in [-0.2, 0) is 0 Å². The van der Waals surface area contributed by atoms with Gasteiger partial charge in [0.2, 0.25) is 0 Å². The van der Waals surface area contributed by atoms with Crippen LogP contribution in [0.5, 0.6) is 5.75 Å². The molecule has 1 saturated heterocycles. The van der Waals surface area contributed by atoms with Crippen LogP contribution in [0.4, 0.5) is 0 Å². The van der Waals surface area contributed by atoms with Crippen molar-refractivity contribution in [2.24, 2.45) is 0 Å². The number of methoxy groups -OCH3 is 1. The molecule has 2 rings (SSSR count). The Hall–Kier alpha value is -0.730. The van der Waals surface area contributed by atoms with Crippen molar-refractivity contribution < 1.29 is 4.74 Å². The molecular formula is C12H16ClNO. The Labute approximate surface area is 95.6 Å². The standard InChI is InChI=1S/C12H16ClNO/c1-8-10(5-6-14-8)9-3-4-12(15-2)11(13)7-9/h3-4,7-8,10,14H,5-6H2,1-2H3. The molecule has 0 bridgehead atoms. The molecule has 3 heteroatoms. The van der Waals surface area contributed by atoms with E-state index < -0.39 is 0 Å². The average Bonchev–Trinajstić information content (AvgIpc) is 2.64. The lowest BCUT2D eigenvalue weighted by Gasteiger charge is -2.16. The monoisotopic (exact) mass is 225 g/mol. The smallest absolute Gasteiger partial charge is 0.137 e. The highest BCUT2D eigenvalue weighted by Crippen LogP contribution is 2.32. The Balaban J connectivity index is 2.25. The van der Waals surface area contributed by atoms with Gasteiger partial charge in [0.05, 0.1) is 12.1 Å². The van der Waals surface area contributed by atoms with Crippen LogP contribution in [0.25, 0.3) is 0 Å². The zero-order valence-electron chi connectivity index (χ0n) is 9.09. The summed E-state index contributed by atoms with van der Waals surface area (Å²) in [6, 6.07) is 6.62. The third kappa shape index (κ3) is 2.11. The second-order valence-electron chi connectivity index (χ2n) is 4.03. The molecule has 0 radical (unpaired) electrons. The highest BCUT2D eigenvalue weighted by atomic mass is 35.5. The second kappa shape index (κ2) is 4.42. The van der Waals surface area contributed by atoms with E-state index in [1.54, 1.807) is 7.11 Å². The molecule has 1 N–H and O–H groups in total. The van der Waals surface area contributed by atoms with Crippen molar-refractivity contribution >= 4 is 11.6 Å². The fourth-order valence-corrected chi connectivity index (χ4v) is 2.49. The van der Waals surface area contributed by atoms with Gasteiger partial charge in [-0.2, -0.15) is 0 Å². The normalized spacial score (nSPS) is 25.5. The summed E-state index contributed by atoms with van der Waals surface area (Å²) in [5.74, 6) is 1.33. The summed E-state index contributed by atoms with van der Waals surface area (Å²) in [6.45, 7) is 3.31. The third-order valence-corrected chi connectivity index (χ3v) is 3.42. The van der Waals surface area contributed by atoms with E-state index in [1.165, 1.54) is 12.0 Å². The molecule has 0 aromatic heterocycles. The number of hydrogen-bond acceptors (Lipinski definition) is 2. The van der Waals surface area contributed by atoms with E-state index in [9.17, 15) is 0 Å². The number of hydrogen-bond donors (Lipinski definition) is 1. The van der Waals surface area contributed by atoms with Crippen LogP contribution in [0, 0.1) is 0 Å². The van der Waals surface area contributed by atoms with E-state index in [2.05, 4.69) is 18.3 Å². The average molecular weight is 226 g/mol. The van der Waals surface area contributed by atoms with Gasteiger partial charge < -0.3 is 10.1 Å². The van der Waals surface area contributed by atoms with Crippen molar-refractivity contribution in [2.75, 3.05) is 13.7 Å². The Morgan fingerprint density at radius 2 is 2.27 bits per heavy atom. The van der Waals surface area contributed by atoms with Crippen LogP contribution in [0.2, 0.25) is 5.02 Å².